The van der Waals surface area contributed by atoms with Crippen LogP contribution in [-0.4, -0.2) is 46.7 Å². The van der Waals surface area contributed by atoms with Crippen molar-refractivity contribution in [3.63, 3.8) is 0 Å². The van der Waals surface area contributed by atoms with E-state index in [2.05, 4.69) is 60.7 Å². The van der Waals surface area contributed by atoms with E-state index in [9.17, 15) is 4.79 Å². The number of nitrogens with zero attached hydrogens (tertiary/aromatic N) is 3. The highest BCUT2D eigenvalue weighted by Crippen LogP contribution is 2.21. The molecule has 0 saturated carbocycles. The number of fused-ring (bicyclic) bond motifs is 1. The molecule has 0 spiro atoms. The van der Waals surface area contributed by atoms with Crippen LogP contribution in [0.5, 0.6) is 0 Å². The summed E-state index contributed by atoms with van der Waals surface area (Å²) in [4.78, 5) is 25.1. The third-order valence-corrected chi connectivity index (χ3v) is 5.84. The van der Waals surface area contributed by atoms with Gasteiger partial charge in [-0.2, -0.15) is 0 Å². The number of anilines is 1. The number of nitrogens with one attached hydrogen (secondary N) is 1. The third-order valence-electron chi connectivity index (χ3n) is 5.84. The number of ether oxygens (including phenoxy) is 1. The van der Waals surface area contributed by atoms with Crippen LogP contribution in [-0.2, 0) is 24.2 Å². The minimum atomic E-state index is 0.0117. The van der Waals surface area contributed by atoms with Crippen molar-refractivity contribution >= 4 is 5.95 Å². The molecule has 1 saturated heterocycles. The van der Waals surface area contributed by atoms with E-state index in [1.807, 2.05) is 0 Å². The molecule has 0 amide bonds. The Bertz CT molecular complexity index is 913. The quantitative estimate of drug-likeness (QED) is 0.884. The summed E-state index contributed by atoms with van der Waals surface area (Å²) >= 11 is 0. The van der Waals surface area contributed by atoms with E-state index in [0.29, 0.717) is 12.5 Å². The molecule has 2 aliphatic heterocycles. The average Bonchev–Trinajstić information content (AvgIpc) is 2.63. The molecule has 6 nitrogen and oxygen atoms in total. The van der Waals surface area contributed by atoms with Gasteiger partial charge in [-0.05, 0) is 50.8 Å². The van der Waals surface area contributed by atoms with Gasteiger partial charge < -0.3 is 9.64 Å². The normalized spacial score (nSPS) is 22.9. The fourth-order valence-corrected chi connectivity index (χ4v) is 4.28. The Morgan fingerprint density at radius 3 is 2.64 bits per heavy atom. The maximum atomic E-state index is 12.7. The molecule has 6 heteroatoms. The number of hydrogen-bond donors (Lipinski definition) is 1. The minimum absolute atomic E-state index is 0.0117. The van der Waals surface area contributed by atoms with Crippen molar-refractivity contribution in [3.05, 3.63) is 56.5 Å². The number of aromatic nitrogens is 2. The van der Waals surface area contributed by atoms with E-state index >= 15 is 0 Å². The van der Waals surface area contributed by atoms with Crippen LogP contribution in [0.4, 0.5) is 5.95 Å². The number of aryl methyl sites for hydroxylation is 2. The summed E-state index contributed by atoms with van der Waals surface area (Å²) in [5, 5.41) is 0. The van der Waals surface area contributed by atoms with Gasteiger partial charge in [0.05, 0.1) is 17.9 Å². The van der Waals surface area contributed by atoms with Gasteiger partial charge in [0.2, 0.25) is 5.95 Å². The molecule has 4 rings (SSSR count). The fourth-order valence-electron chi connectivity index (χ4n) is 4.28. The second kappa shape index (κ2) is 7.68. The molecule has 2 atom stereocenters. The summed E-state index contributed by atoms with van der Waals surface area (Å²) in [6.07, 6.45) is 1.01. The van der Waals surface area contributed by atoms with Crippen LogP contribution in [0.2, 0.25) is 0 Å². The maximum Gasteiger partial charge on any atom is 0.255 e. The van der Waals surface area contributed by atoms with Crippen LogP contribution in [0.3, 0.4) is 0 Å². The summed E-state index contributed by atoms with van der Waals surface area (Å²) in [6.45, 7) is 12.4. The van der Waals surface area contributed by atoms with Crippen LogP contribution in [0.15, 0.2) is 23.0 Å². The molecule has 28 heavy (non-hydrogen) atoms. The first-order chi connectivity index (χ1) is 13.4. The first-order valence-corrected chi connectivity index (χ1v) is 10.2. The van der Waals surface area contributed by atoms with Crippen LogP contribution in [0.1, 0.15) is 41.8 Å². The van der Waals surface area contributed by atoms with Gasteiger partial charge in [-0.3, -0.25) is 14.7 Å². The highest BCUT2D eigenvalue weighted by atomic mass is 16.5. The second-order valence-corrected chi connectivity index (χ2v) is 8.36. The molecule has 1 aromatic heterocycles. The summed E-state index contributed by atoms with van der Waals surface area (Å²) in [5.74, 6) is 0.679. The zero-order valence-corrected chi connectivity index (χ0v) is 17.3. The smallest absolute Gasteiger partial charge is 0.255 e. The fraction of sp³-hybridized carbons (Fsp3) is 0.545. The third kappa shape index (κ3) is 3.98. The highest BCUT2D eigenvalue weighted by molar-refractivity contribution is 5.36. The van der Waals surface area contributed by atoms with Crippen LogP contribution >= 0.6 is 0 Å². The molecule has 2 aromatic rings. The van der Waals surface area contributed by atoms with E-state index in [-0.39, 0.29) is 17.8 Å². The maximum absolute atomic E-state index is 12.7. The first kappa shape index (κ1) is 19.2. The van der Waals surface area contributed by atoms with E-state index in [1.165, 1.54) is 16.7 Å². The average molecular weight is 383 g/mol. The molecule has 0 bridgehead atoms. The number of H-pyrrole nitrogens is 1. The van der Waals surface area contributed by atoms with Gasteiger partial charge in [0.15, 0.2) is 0 Å². The lowest BCUT2D eigenvalue weighted by Crippen LogP contribution is -2.47. The van der Waals surface area contributed by atoms with E-state index < -0.39 is 0 Å². The number of morpholine rings is 1. The second-order valence-electron chi connectivity index (χ2n) is 8.36. The topological polar surface area (TPSA) is 61.5 Å². The van der Waals surface area contributed by atoms with E-state index in [0.717, 1.165) is 43.9 Å². The molecule has 1 N–H and O–H groups in total. The van der Waals surface area contributed by atoms with Gasteiger partial charge in [0.25, 0.3) is 5.56 Å². The Morgan fingerprint density at radius 2 is 1.93 bits per heavy atom. The van der Waals surface area contributed by atoms with Crippen molar-refractivity contribution in [1.29, 1.82) is 0 Å². The number of benzene rings is 1. The van der Waals surface area contributed by atoms with Crippen molar-refractivity contribution in [2.75, 3.05) is 24.5 Å². The molecular weight excluding hydrogens is 352 g/mol. The zero-order chi connectivity index (χ0) is 19.8. The monoisotopic (exact) mass is 382 g/mol. The van der Waals surface area contributed by atoms with Gasteiger partial charge in [-0.1, -0.05) is 18.2 Å². The Kier molecular flexibility index (Phi) is 5.25. The van der Waals surface area contributed by atoms with Gasteiger partial charge in [0, 0.05) is 38.3 Å². The largest absolute Gasteiger partial charge is 0.372 e. The Morgan fingerprint density at radius 1 is 1.18 bits per heavy atom. The van der Waals surface area contributed by atoms with Gasteiger partial charge in [-0.15, -0.1) is 0 Å². The SMILES string of the molecule is Cc1ccc(CN2CCc3c(nc(N4C[C@@H](C)O[C@H](C)C4)[nH]c3=O)C2)cc1C. The number of rotatable bonds is 3. The van der Waals surface area contributed by atoms with E-state index in [1.54, 1.807) is 0 Å². The summed E-state index contributed by atoms with van der Waals surface area (Å²) in [7, 11) is 0. The van der Waals surface area contributed by atoms with E-state index in [4.69, 9.17) is 9.72 Å². The predicted molar refractivity (Wildman–Crippen MR) is 111 cm³/mol. The van der Waals surface area contributed by atoms with Crippen LogP contribution in [0.25, 0.3) is 0 Å². The van der Waals surface area contributed by atoms with Crippen LogP contribution < -0.4 is 10.5 Å². The number of aromatic amines is 1. The lowest BCUT2D eigenvalue weighted by atomic mass is 10.0. The minimum Gasteiger partial charge on any atom is -0.372 e. The molecule has 0 radical (unpaired) electrons. The highest BCUT2D eigenvalue weighted by Gasteiger charge is 2.27. The van der Waals surface area contributed by atoms with Crippen molar-refractivity contribution in [1.82, 2.24) is 14.9 Å². The molecule has 0 unspecified atom stereocenters. The van der Waals surface area contributed by atoms with Crippen molar-refractivity contribution in [2.45, 2.75) is 59.4 Å². The summed E-state index contributed by atoms with van der Waals surface area (Å²) in [6, 6.07) is 6.65. The van der Waals surface area contributed by atoms with Crippen LogP contribution in [0, 0.1) is 13.8 Å². The standard InChI is InChI=1S/C22H30N4O2/c1-14-5-6-18(9-15(14)2)12-25-8-7-19-20(13-25)23-22(24-21(19)27)26-10-16(3)28-17(4)11-26/h5-6,9,16-17H,7-8,10-13H2,1-4H3,(H,23,24,27)/t16-,17-/m1/s1. The van der Waals surface area contributed by atoms with Gasteiger partial charge in [-0.25, -0.2) is 4.98 Å². The molecular formula is C22H30N4O2. The Labute approximate surface area is 166 Å². The van der Waals surface area contributed by atoms with Gasteiger partial charge in [0.1, 0.15) is 0 Å². The summed E-state index contributed by atoms with van der Waals surface area (Å²) in [5.41, 5.74) is 5.72. The van der Waals surface area contributed by atoms with Gasteiger partial charge >= 0.3 is 0 Å². The lowest BCUT2D eigenvalue weighted by molar-refractivity contribution is -0.00576. The van der Waals surface area contributed by atoms with Crippen molar-refractivity contribution in [3.8, 4) is 0 Å². The molecule has 0 aliphatic carbocycles. The molecule has 1 fully saturated rings. The lowest BCUT2D eigenvalue weighted by Gasteiger charge is -2.36. The van der Waals surface area contributed by atoms with Crippen molar-refractivity contribution in [2.24, 2.45) is 0 Å². The number of hydrogen-bond acceptors (Lipinski definition) is 5. The first-order valence-electron chi connectivity index (χ1n) is 10.2. The Balaban J connectivity index is 1.54. The molecule has 1 aromatic carbocycles. The van der Waals surface area contributed by atoms with Crippen molar-refractivity contribution < 1.29 is 4.74 Å². The Hall–Kier alpha value is -2.18. The summed E-state index contributed by atoms with van der Waals surface area (Å²) < 4.78 is 5.81. The zero-order valence-electron chi connectivity index (χ0n) is 17.3. The molecule has 2 aliphatic rings. The predicted octanol–water partition coefficient (Wildman–Crippen LogP) is 2.56. The molecule has 3 heterocycles. The molecule has 150 valence electrons.